The van der Waals surface area contributed by atoms with Crippen LogP contribution in [0.4, 0.5) is 0 Å². The number of piperidine rings is 2. The molecule has 2 saturated heterocycles. The van der Waals surface area contributed by atoms with Crippen LogP contribution in [0.25, 0.3) is 0 Å². The number of carbonyl (C=O) groups excluding carboxylic acids is 2. The van der Waals surface area contributed by atoms with E-state index in [0.29, 0.717) is 5.92 Å². The summed E-state index contributed by atoms with van der Waals surface area (Å²) in [5.74, 6) is 0.574. The van der Waals surface area contributed by atoms with Crippen LogP contribution in [0.5, 0.6) is 0 Å². The highest BCUT2D eigenvalue weighted by atomic mass is 16.1. The molecule has 6 nitrogen and oxygen atoms in total. The quantitative estimate of drug-likeness (QED) is 0.244. The van der Waals surface area contributed by atoms with Gasteiger partial charge in [0.25, 0.3) is 0 Å². The van der Waals surface area contributed by atoms with E-state index in [1.165, 1.54) is 19.3 Å². The van der Waals surface area contributed by atoms with E-state index in [1.807, 2.05) is 0 Å². The van der Waals surface area contributed by atoms with Gasteiger partial charge in [0.2, 0.25) is 12.8 Å². The summed E-state index contributed by atoms with van der Waals surface area (Å²) in [6.45, 7) is 31.7. The maximum atomic E-state index is 12.4. The van der Waals surface area contributed by atoms with Crippen molar-refractivity contribution < 1.29 is 9.59 Å². The lowest BCUT2D eigenvalue weighted by atomic mass is 9.73. The van der Waals surface area contributed by atoms with Crippen molar-refractivity contribution in [3.8, 4) is 0 Å². The molecule has 0 aromatic rings. The van der Waals surface area contributed by atoms with Crippen molar-refractivity contribution >= 4 is 12.8 Å². The molecule has 2 aliphatic heterocycles. The zero-order chi connectivity index (χ0) is 30.0. The number of amides is 2. The van der Waals surface area contributed by atoms with Gasteiger partial charge in [-0.15, -0.1) is 0 Å². The van der Waals surface area contributed by atoms with Crippen molar-refractivity contribution in [1.82, 2.24) is 19.8 Å². The van der Waals surface area contributed by atoms with Gasteiger partial charge in [0.1, 0.15) is 0 Å². The minimum atomic E-state index is -0.134. The Morgan fingerprint density at radius 3 is 1.44 bits per heavy atom. The van der Waals surface area contributed by atoms with E-state index < -0.39 is 0 Å². The molecule has 1 unspecified atom stereocenters. The molecule has 2 rings (SSSR count). The fourth-order valence-electron chi connectivity index (χ4n) is 8.28. The molecule has 0 spiro atoms. The van der Waals surface area contributed by atoms with Crippen LogP contribution in [-0.2, 0) is 9.59 Å². The summed E-state index contributed by atoms with van der Waals surface area (Å²) in [6.07, 6.45) is 10.8. The molecule has 1 atom stereocenters. The molecule has 0 radical (unpaired) electrons. The summed E-state index contributed by atoms with van der Waals surface area (Å²) in [4.78, 5) is 28.9. The normalized spacial score (nSPS) is 24.7. The highest BCUT2D eigenvalue weighted by Crippen LogP contribution is 2.50. The number of hydrogen-bond donors (Lipinski definition) is 0. The third kappa shape index (κ3) is 8.21. The van der Waals surface area contributed by atoms with Gasteiger partial charge in [0.15, 0.2) is 0 Å². The Labute approximate surface area is 242 Å². The number of unbranched alkanes of at least 4 members (excludes halogenated alkanes) is 1. The highest BCUT2D eigenvalue weighted by molar-refractivity contribution is 5.48. The largest absolute Gasteiger partial charge is 0.342 e. The second kappa shape index (κ2) is 12.4. The van der Waals surface area contributed by atoms with E-state index in [4.69, 9.17) is 0 Å². The fraction of sp³-hybridized carbons (Fsp3) is 0.939. The molecule has 228 valence electrons. The number of hydrogen-bond acceptors (Lipinski definition) is 4. The molecule has 0 saturated carbocycles. The monoisotopic (exact) mass is 549 g/mol. The van der Waals surface area contributed by atoms with E-state index >= 15 is 0 Å². The van der Waals surface area contributed by atoms with Crippen molar-refractivity contribution in [3.05, 3.63) is 0 Å². The lowest BCUT2D eigenvalue weighted by Crippen LogP contribution is -2.78. The summed E-state index contributed by atoms with van der Waals surface area (Å²) in [6, 6.07) is 0.451. The Bertz CT molecular complexity index is 777. The topological polar surface area (TPSA) is 47.1 Å². The Morgan fingerprint density at radius 1 is 0.744 bits per heavy atom. The molecule has 6 heteroatoms. The average Bonchev–Trinajstić information content (AvgIpc) is 2.77. The second-order valence-electron chi connectivity index (χ2n) is 16.6. The predicted molar refractivity (Wildman–Crippen MR) is 164 cm³/mol. The summed E-state index contributed by atoms with van der Waals surface area (Å²) in [5.41, 5.74) is -0.461. The van der Waals surface area contributed by atoms with Crippen LogP contribution in [0.3, 0.4) is 0 Å². The fourth-order valence-corrected chi connectivity index (χ4v) is 8.28. The SMILES string of the molecule is CCCCC(CC)CN(C=O)C1CC(C)(C)N(N2C(C)(C)CC(N(C=O)CC(C)(C)C)CC2(C)C)C(C)(C)C1. The molecule has 2 aliphatic rings. The molecule has 39 heavy (non-hydrogen) atoms. The van der Waals surface area contributed by atoms with Gasteiger partial charge in [-0.2, -0.15) is 0 Å². The van der Waals surface area contributed by atoms with Crippen LogP contribution in [-0.4, -0.2) is 80.0 Å². The number of nitrogens with zero attached hydrogens (tertiary/aromatic N) is 4. The minimum Gasteiger partial charge on any atom is -0.342 e. The van der Waals surface area contributed by atoms with E-state index in [-0.39, 0.29) is 39.7 Å². The van der Waals surface area contributed by atoms with E-state index in [9.17, 15) is 9.59 Å². The van der Waals surface area contributed by atoms with Gasteiger partial charge in [-0.25, -0.2) is 10.0 Å². The van der Waals surface area contributed by atoms with Crippen LogP contribution in [0.1, 0.15) is 141 Å². The number of carbonyl (C=O) groups is 2. The third-order valence-electron chi connectivity index (χ3n) is 9.31. The summed E-state index contributed by atoms with van der Waals surface area (Å²) in [5, 5.41) is 5.35. The molecule has 0 N–H and O–H groups in total. The lowest BCUT2D eigenvalue weighted by molar-refractivity contribution is -0.283. The Kier molecular flexibility index (Phi) is 10.8. The van der Waals surface area contributed by atoms with Gasteiger partial charge in [-0.3, -0.25) is 9.59 Å². The zero-order valence-electron chi connectivity index (χ0n) is 28.1. The second-order valence-corrected chi connectivity index (χ2v) is 16.6. The predicted octanol–water partition coefficient (Wildman–Crippen LogP) is 7.12. The van der Waals surface area contributed by atoms with Gasteiger partial charge in [0, 0.05) is 47.3 Å². The number of rotatable bonds is 12. The number of hydrazine groups is 1. The van der Waals surface area contributed by atoms with Crippen molar-refractivity contribution in [3.63, 3.8) is 0 Å². The summed E-state index contributed by atoms with van der Waals surface area (Å²) < 4.78 is 0. The average molecular weight is 549 g/mol. The van der Waals surface area contributed by atoms with Crippen LogP contribution in [0.2, 0.25) is 0 Å². The first-order chi connectivity index (χ1) is 17.7. The molecular weight excluding hydrogens is 484 g/mol. The first-order valence-corrected chi connectivity index (χ1v) is 15.8. The van der Waals surface area contributed by atoms with Crippen LogP contribution in [0.15, 0.2) is 0 Å². The van der Waals surface area contributed by atoms with E-state index in [0.717, 1.165) is 58.0 Å². The van der Waals surface area contributed by atoms with E-state index in [1.54, 1.807) is 0 Å². The third-order valence-corrected chi connectivity index (χ3v) is 9.31. The van der Waals surface area contributed by atoms with Gasteiger partial charge in [-0.1, -0.05) is 53.9 Å². The van der Waals surface area contributed by atoms with Crippen molar-refractivity contribution in [2.24, 2.45) is 11.3 Å². The van der Waals surface area contributed by atoms with Crippen molar-refractivity contribution in [2.45, 2.75) is 176 Å². The zero-order valence-corrected chi connectivity index (χ0v) is 28.1. The lowest BCUT2D eigenvalue weighted by Gasteiger charge is -2.68. The molecular formula is C33H64N4O2. The molecule has 2 amide bonds. The summed E-state index contributed by atoms with van der Waals surface area (Å²) in [7, 11) is 0. The van der Waals surface area contributed by atoms with Gasteiger partial charge in [-0.05, 0) is 98.8 Å². The molecule has 0 bridgehead atoms. The molecule has 0 aliphatic carbocycles. The van der Waals surface area contributed by atoms with Crippen molar-refractivity contribution in [1.29, 1.82) is 0 Å². The standard InChI is InChI=1S/C33H64N4O2/c1-14-16-17-26(15-2)22-34(24-38)27-18-30(6,7)36(31(8,9)19-27)37-32(10,11)20-28(21-33(37,12)13)35(25-39)23-29(3,4)5/h24-28H,14-23H2,1-13H3. The maximum Gasteiger partial charge on any atom is 0.209 e. The summed E-state index contributed by atoms with van der Waals surface area (Å²) >= 11 is 0. The molecule has 0 aromatic carbocycles. The van der Waals surface area contributed by atoms with Crippen LogP contribution in [0, 0.1) is 11.3 Å². The van der Waals surface area contributed by atoms with Crippen LogP contribution >= 0.6 is 0 Å². The molecule has 2 heterocycles. The Morgan fingerprint density at radius 2 is 1.13 bits per heavy atom. The van der Waals surface area contributed by atoms with Gasteiger partial charge in [0.05, 0.1) is 0 Å². The Balaban J connectivity index is 2.36. The van der Waals surface area contributed by atoms with Crippen molar-refractivity contribution in [2.75, 3.05) is 13.1 Å². The van der Waals surface area contributed by atoms with Crippen LogP contribution < -0.4 is 0 Å². The van der Waals surface area contributed by atoms with Gasteiger partial charge < -0.3 is 9.80 Å². The Hall–Kier alpha value is -1.14. The molecule has 0 aromatic heterocycles. The van der Waals surface area contributed by atoms with E-state index in [2.05, 4.69) is 110 Å². The maximum absolute atomic E-state index is 12.4. The van der Waals surface area contributed by atoms with Gasteiger partial charge >= 0.3 is 0 Å². The minimum absolute atomic E-state index is 0.0654. The first kappa shape index (κ1) is 34.1. The smallest absolute Gasteiger partial charge is 0.209 e. The first-order valence-electron chi connectivity index (χ1n) is 15.8. The highest BCUT2D eigenvalue weighted by Gasteiger charge is 2.58. The molecule has 2 fully saturated rings.